The molecular weight excluding hydrogens is 470 g/mol. The molecule has 1 aliphatic rings. The van der Waals surface area contributed by atoms with Gasteiger partial charge in [0.15, 0.2) is 11.9 Å². The molecule has 11 heteroatoms. The summed E-state index contributed by atoms with van der Waals surface area (Å²) >= 11 is 6.28. The number of halogens is 1. The molecule has 4 aromatic rings. The third kappa shape index (κ3) is 4.80. The van der Waals surface area contributed by atoms with Crippen LogP contribution in [0.2, 0.25) is 5.02 Å². The quantitative estimate of drug-likeness (QED) is 0.305. The number of carbonyl (C=O) groups is 1. The number of benzene rings is 1. The molecule has 0 saturated heterocycles. The van der Waals surface area contributed by atoms with Crippen LogP contribution in [0.1, 0.15) is 31.1 Å². The van der Waals surface area contributed by atoms with E-state index in [2.05, 4.69) is 20.7 Å². The minimum absolute atomic E-state index is 0.0921. The van der Waals surface area contributed by atoms with E-state index in [-0.39, 0.29) is 11.8 Å². The topological polar surface area (TPSA) is 119 Å². The Balaban J connectivity index is 1.42. The first-order chi connectivity index (χ1) is 17.0. The zero-order chi connectivity index (χ0) is 24.4. The van der Waals surface area contributed by atoms with Crippen LogP contribution in [0.15, 0.2) is 49.1 Å². The SMILES string of the molecule is COc1ccc(Cl)cc1-c1nn(CCNC(=O)C2CCC2)cc1NC(O)c1cnn2cccnc12. The first-order valence-electron chi connectivity index (χ1n) is 11.5. The fraction of sp³-hybridized carbons (Fsp3) is 0.333. The first kappa shape index (κ1) is 23.1. The summed E-state index contributed by atoms with van der Waals surface area (Å²) in [4.78, 5) is 16.5. The second-order valence-corrected chi connectivity index (χ2v) is 8.89. The van der Waals surface area contributed by atoms with E-state index >= 15 is 0 Å². The number of aliphatic hydroxyl groups excluding tert-OH is 1. The Kier molecular flexibility index (Phi) is 6.56. The van der Waals surface area contributed by atoms with E-state index in [1.807, 2.05) is 0 Å². The standard InChI is InChI=1S/C24H26ClN7O3/c1-35-20-7-6-16(25)12-17(20)21-19(14-31(30-21)11-9-27-23(33)15-4-2-5-15)29-24(34)18-13-28-32-10-3-8-26-22(18)32/h3,6-8,10,12-15,24,29,34H,2,4-5,9,11H2,1H3,(H,27,33). The number of amides is 1. The van der Waals surface area contributed by atoms with Crippen molar-refractivity contribution in [3.05, 3.63) is 59.6 Å². The zero-order valence-electron chi connectivity index (χ0n) is 19.2. The highest BCUT2D eigenvalue weighted by Crippen LogP contribution is 2.37. The summed E-state index contributed by atoms with van der Waals surface area (Å²) in [6.07, 6.45) is 8.69. The van der Waals surface area contributed by atoms with Gasteiger partial charge in [0.05, 0.1) is 31.1 Å². The molecule has 3 N–H and O–H groups in total. The molecule has 1 fully saturated rings. The predicted molar refractivity (Wildman–Crippen MR) is 131 cm³/mol. The van der Waals surface area contributed by atoms with Crippen molar-refractivity contribution in [2.24, 2.45) is 5.92 Å². The number of anilines is 1. The summed E-state index contributed by atoms with van der Waals surface area (Å²) in [5, 5.41) is 26.6. The number of hydrogen-bond acceptors (Lipinski definition) is 7. The number of aliphatic hydroxyl groups is 1. The summed E-state index contributed by atoms with van der Waals surface area (Å²) in [6, 6.07) is 7.04. The minimum atomic E-state index is -1.10. The lowest BCUT2D eigenvalue weighted by Gasteiger charge is -2.23. The second kappa shape index (κ2) is 9.93. The lowest BCUT2D eigenvalue weighted by atomic mass is 9.85. The Bertz CT molecular complexity index is 1350. The Morgan fingerprint density at radius 1 is 1.37 bits per heavy atom. The van der Waals surface area contributed by atoms with Crippen LogP contribution in [0.25, 0.3) is 16.9 Å². The van der Waals surface area contributed by atoms with Crippen molar-refractivity contribution in [2.45, 2.75) is 32.0 Å². The van der Waals surface area contributed by atoms with Crippen molar-refractivity contribution in [3.8, 4) is 17.0 Å². The molecule has 10 nitrogen and oxygen atoms in total. The Hall–Kier alpha value is -3.63. The number of methoxy groups -OCH3 is 1. The van der Waals surface area contributed by atoms with Gasteiger partial charge in [-0.15, -0.1) is 0 Å². The van der Waals surface area contributed by atoms with Gasteiger partial charge in [0, 0.05) is 41.6 Å². The maximum atomic E-state index is 12.2. The molecule has 5 rings (SSSR count). The average molecular weight is 496 g/mol. The van der Waals surface area contributed by atoms with Gasteiger partial charge in [0.2, 0.25) is 5.91 Å². The number of nitrogens with zero attached hydrogens (tertiary/aromatic N) is 5. The third-order valence-electron chi connectivity index (χ3n) is 6.19. The fourth-order valence-electron chi connectivity index (χ4n) is 4.08. The summed E-state index contributed by atoms with van der Waals surface area (Å²) in [6.45, 7) is 0.910. The highest BCUT2D eigenvalue weighted by molar-refractivity contribution is 6.31. The van der Waals surface area contributed by atoms with Gasteiger partial charge in [0.1, 0.15) is 11.4 Å². The highest BCUT2D eigenvalue weighted by atomic mass is 35.5. The van der Waals surface area contributed by atoms with Gasteiger partial charge >= 0.3 is 0 Å². The van der Waals surface area contributed by atoms with Gasteiger partial charge in [-0.1, -0.05) is 18.0 Å². The van der Waals surface area contributed by atoms with Crippen LogP contribution in [-0.2, 0) is 11.3 Å². The lowest BCUT2D eigenvalue weighted by Crippen LogP contribution is -2.36. The van der Waals surface area contributed by atoms with Crippen LogP contribution in [0, 0.1) is 5.92 Å². The number of carbonyl (C=O) groups excluding carboxylic acids is 1. The molecule has 0 aliphatic heterocycles. The maximum absolute atomic E-state index is 12.2. The zero-order valence-corrected chi connectivity index (χ0v) is 19.9. The molecule has 1 atom stereocenters. The van der Waals surface area contributed by atoms with Crippen molar-refractivity contribution >= 4 is 28.8 Å². The summed E-state index contributed by atoms with van der Waals surface area (Å²) in [5.74, 6) is 0.813. The van der Waals surface area contributed by atoms with Crippen LogP contribution >= 0.6 is 11.6 Å². The van der Waals surface area contributed by atoms with Gasteiger partial charge in [0.25, 0.3) is 0 Å². The van der Waals surface area contributed by atoms with Crippen LogP contribution < -0.4 is 15.4 Å². The number of ether oxygens (including phenoxy) is 1. The average Bonchev–Trinajstić information content (AvgIpc) is 3.42. The van der Waals surface area contributed by atoms with Gasteiger partial charge in [-0.2, -0.15) is 10.2 Å². The summed E-state index contributed by atoms with van der Waals surface area (Å²) < 4.78 is 8.85. The van der Waals surface area contributed by atoms with Crippen molar-refractivity contribution in [1.82, 2.24) is 29.7 Å². The van der Waals surface area contributed by atoms with E-state index in [0.717, 1.165) is 19.3 Å². The fourth-order valence-corrected chi connectivity index (χ4v) is 4.25. The largest absolute Gasteiger partial charge is 0.496 e. The van der Waals surface area contributed by atoms with Crippen LogP contribution in [0.4, 0.5) is 5.69 Å². The maximum Gasteiger partial charge on any atom is 0.223 e. The summed E-state index contributed by atoms with van der Waals surface area (Å²) in [5.41, 5.74) is 2.86. The number of hydrogen-bond donors (Lipinski definition) is 3. The van der Waals surface area contributed by atoms with Gasteiger partial charge in [-0.05, 0) is 37.1 Å². The molecule has 0 spiro atoms. The number of nitrogens with one attached hydrogen (secondary N) is 2. The number of fused-ring (bicyclic) bond motifs is 1. The van der Waals surface area contributed by atoms with Crippen molar-refractivity contribution in [2.75, 3.05) is 19.0 Å². The van der Waals surface area contributed by atoms with E-state index in [4.69, 9.17) is 21.4 Å². The van der Waals surface area contributed by atoms with Gasteiger partial charge < -0.3 is 20.5 Å². The molecule has 1 saturated carbocycles. The molecule has 3 aromatic heterocycles. The van der Waals surface area contributed by atoms with Crippen molar-refractivity contribution in [1.29, 1.82) is 0 Å². The van der Waals surface area contributed by atoms with E-state index in [0.29, 0.717) is 52.0 Å². The Morgan fingerprint density at radius 2 is 2.23 bits per heavy atom. The molecule has 35 heavy (non-hydrogen) atoms. The van der Waals surface area contributed by atoms with E-state index in [9.17, 15) is 9.90 Å². The molecule has 1 amide bonds. The smallest absolute Gasteiger partial charge is 0.223 e. The molecular formula is C24H26ClN7O3. The molecule has 1 aliphatic carbocycles. The molecule has 1 aromatic carbocycles. The monoisotopic (exact) mass is 495 g/mol. The van der Waals surface area contributed by atoms with Gasteiger partial charge in [-0.3, -0.25) is 9.48 Å². The van der Waals surface area contributed by atoms with Gasteiger partial charge in [-0.25, -0.2) is 9.50 Å². The lowest BCUT2D eigenvalue weighted by molar-refractivity contribution is -0.127. The van der Waals surface area contributed by atoms with Crippen LogP contribution in [0.5, 0.6) is 5.75 Å². The molecule has 3 heterocycles. The Morgan fingerprint density at radius 3 is 3.00 bits per heavy atom. The summed E-state index contributed by atoms with van der Waals surface area (Å²) in [7, 11) is 1.58. The molecule has 0 bridgehead atoms. The van der Waals surface area contributed by atoms with Crippen molar-refractivity contribution in [3.63, 3.8) is 0 Å². The Labute approximate surface area is 206 Å². The van der Waals surface area contributed by atoms with Crippen molar-refractivity contribution < 1.29 is 14.6 Å². The predicted octanol–water partition coefficient (Wildman–Crippen LogP) is 3.27. The molecule has 0 radical (unpaired) electrons. The second-order valence-electron chi connectivity index (χ2n) is 8.45. The van der Waals surface area contributed by atoms with E-state index in [1.54, 1.807) is 65.4 Å². The van der Waals surface area contributed by atoms with Crippen LogP contribution in [0.3, 0.4) is 0 Å². The molecule has 182 valence electrons. The van der Waals surface area contributed by atoms with Crippen LogP contribution in [-0.4, -0.2) is 49.0 Å². The highest BCUT2D eigenvalue weighted by Gasteiger charge is 2.25. The normalized spacial score (nSPS) is 14.5. The molecule has 1 unspecified atom stereocenters. The van der Waals surface area contributed by atoms with E-state index < -0.39 is 6.23 Å². The first-order valence-corrected chi connectivity index (χ1v) is 11.8. The third-order valence-corrected chi connectivity index (χ3v) is 6.42. The minimum Gasteiger partial charge on any atom is -0.496 e. The number of rotatable bonds is 9. The van der Waals surface area contributed by atoms with E-state index in [1.165, 1.54) is 0 Å². The number of aromatic nitrogens is 5.